The first-order valence-electron chi connectivity index (χ1n) is 6.51. The number of urea groups is 1. The van der Waals surface area contributed by atoms with Gasteiger partial charge in [-0.2, -0.15) is 0 Å². The second kappa shape index (κ2) is 5.59. The minimum absolute atomic E-state index is 0.166. The van der Waals surface area contributed by atoms with E-state index in [4.69, 9.17) is 5.11 Å². The van der Waals surface area contributed by atoms with Crippen LogP contribution in [-0.4, -0.2) is 29.2 Å². The monoisotopic (exact) mass is 256 g/mol. The van der Waals surface area contributed by atoms with Crippen molar-refractivity contribution in [3.63, 3.8) is 0 Å². The van der Waals surface area contributed by atoms with Crippen LogP contribution in [-0.2, 0) is 4.79 Å². The van der Waals surface area contributed by atoms with Crippen molar-refractivity contribution < 1.29 is 14.7 Å². The summed E-state index contributed by atoms with van der Waals surface area (Å²) >= 11 is 0. The van der Waals surface area contributed by atoms with Gasteiger partial charge in [-0.1, -0.05) is 34.1 Å². The lowest BCUT2D eigenvalue weighted by atomic mass is 9.87. The van der Waals surface area contributed by atoms with Crippen molar-refractivity contribution in [2.75, 3.05) is 0 Å². The Balaban J connectivity index is 2.54. The molecule has 3 N–H and O–H groups in total. The normalized spacial score (nSPS) is 25.6. The molecule has 0 aromatic carbocycles. The first kappa shape index (κ1) is 14.8. The summed E-state index contributed by atoms with van der Waals surface area (Å²) in [7, 11) is 0. The molecule has 1 rings (SSSR count). The summed E-state index contributed by atoms with van der Waals surface area (Å²) < 4.78 is 0. The Labute approximate surface area is 108 Å². The van der Waals surface area contributed by atoms with E-state index in [2.05, 4.69) is 17.6 Å². The summed E-state index contributed by atoms with van der Waals surface area (Å²) in [5.41, 5.74) is -0.509. The van der Waals surface area contributed by atoms with Crippen LogP contribution in [0.1, 0.15) is 47.0 Å². The highest BCUT2D eigenvalue weighted by molar-refractivity contribution is 5.83. The number of carbonyl (C=O) groups excluding carboxylic acids is 1. The van der Waals surface area contributed by atoms with Crippen molar-refractivity contribution >= 4 is 12.0 Å². The van der Waals surface area contributed by atoms with Crippen molar-refractivity contribution in [2.45, 2.75) is 59.0 Å². The van der Waals surface area contributed by atoms with Gasteiger partial charge in [0.2, 0.25) is 0 Å². The topological polar surface area (TPSA) is 78.4 Å². The Kier molecular flexibility index (Phi) is 4.59. The van der Waals surface area contributed by atoms with Gasteiger partial charge in [-0.05, 0) is 24.2 Å². The van der Waals surface area contributed by atoms with E-state index in [1.165, 1.54) is 0 Å². The average Bonchev–Trinajstić information content (AvgIpc) is 2.59. The molecule has 1 aliphatic rings. The number of aliphatic carboxylic acids is 1. The molecule has 0 bridgehead atoms. The highest BCUT2D eigenvalue weighted by Gasteiger charge is 2.33. The maximum atomic E-state index is 11.8. The average molecular weight is 256 g/mol. The Bertz CT molecular complexity index is 323. The zero-order valence-electron chi connectivity index (χ0n) is 11.6. The van der Waals surface area contributed by atoms with Crippen LogP contribution in [0.15, 0.2) is 0 Å². The fourth-order valence-electron chi connectivity index (χ4n) is 2.35. The molecule has 104 valence electrons. The van der Waals surface area contributed by atoms with E-state index in [-0.39, 0.29) is 12.1 Å². The van der Waals surface area contributed by atoms with Gasteiger partial charge in [0.1, 0.15) is 6.04 Å². The molecule has 18 heavy (non-hydrogen) atoms. The molecule has 0 radical (unpaired) electrons. The maximum Gasteiger partial charge on any atom is 0.326 e. The third-order valence-corrected chi connectivity index (χ3v) is 3.57. The third kappa shape index (κ3) is 3.89. The van der Waals surface area contributed by atoms with Gasteiger partial charge >= 0.3 is 12.0 Å². The number of amides is 2. The molecule has 0 aromatic rings. The fourth-order valence-corrected chi connectivity index (χ4v) is 2.35. The lowest BCUT2D eigenvalue weighted by molar-refractivity contribution is -0.141. The molecule has 1 aliphatic carbocycles. The van der Waals surface area contributed by atoms with Gasteiger partial charge < -0.3 is 15.7 Å². The number of hydrogen-bond donors (Lipinski definition) is 3. The van der Waals surface area contributed by atoms with Gasteiger partial charge in [0.15, 0.2) is 0 Å². The molecule has 0 aliphatic heterocycles. The summed E-state index contributed by atoms with van der Waals surface area (Å²) in [6, 6.07) is -1.09. The van der Waals surface area contributed by atoms with Crippen LogP contribution in [0.4, 0.5) is 4.79 Å². The van der Waals surface area contributed by atoms with Crippen LogP contribution in [0.2, 0.25) is 0 Å². The third-order valence-electron chi connectivity index (χ3n) is 3.57. The number of rotatable bonds is 3. The van der Waals surface area contributed by atoms with Crippen LogP contribution >= 0.6 is 0 Å². The standard InChI is InChI=1S/C13H24N2O3/c1-8-6-5-7-9(8)14-12(18)15-10(11(16)17)13(2,3)4/h8-10H,5-7H2,1-4H3,(H,16,17)(H2,14,15,18)/t8?,9?,10-/m1/s1. The summed E-state index contributed by atoms with van der Waals surface area (Å²) in [5, 5.41) is 14.6. The minimum atomic E-state index is -1.00. The first-order chi connectivity index (χ1) is 8.21. The number of carboxylic acid groups (broad SMARTS) is 1. The van der Waals surface area contributed by atoms with Crippen molar-refractivity contribution in [3.8, 4) is 0 Å². The zero-order chi connectivity index (χ0) is 13.9. The zero-order valence-corrected chi connectivity index (χ0v) is 11.6. The van der Waals surface area contributed by atoms with Gasteiger partial charge in [-0.15, -0.1) is 0 Å². The molecular weight excluding hydrogens is 232 g/mol. The number of carbonyl (C=O) groups is 2. The molecule has 1 fully saturated rings. The van der Waals surface area contributed by atoms with Gasteiger partial charge in [0.05, 0.1) is 0 Å². The van der Waals surface area contributed by atoms with E-state index in [9.17, 15) is 9.59 Å². The van der Waals surface area contributed by atoms with Crippen LogP contribution < -0.4 is 10.6 Å². The Morgan fingerprint density at radius 3 is 2.28 bits per heavy atom. The van der Waals surface area contributed by atoms with Crippen LogP contribution in [0, 0.1) is 11.3 Å². The molecule has 3 atom stereocenters. The smallest absolute Gasteiger partial charge is 0.326 e. The van der Waals surface area contributed by atoms with Gasteiger partial charge in [0, 0.05) is 6.04 Å². The van der Waals surface area contributed by atoms with Crippen LogP contribution in [0.5, 0.6) is 0 Å². The molecule has 5 nitrogen and oxygen atoms in total. The Morgan fingerprint density at radius 1 is 1.28 bits per heavy atom. The van der Waals surface area contributed by atoms with Gasteiger partial charge in [0.25, 0.3) is 0 Å². The minimum Gasteiger partial charge on any atom is -0.480 e. The maximum absolute atomic E-state index is 11.8. The molecule has 1 saturated carbocycles. The highest BCUT2D eigenvalue weighted by atomic mass is 16.4. The number of nitrogens with one attached hydrogen (secondary N) is 2. The first-order valence-corrected chi connectivity index (χ1v) is 6.51. The van der Waals surface area contributed by atoms with E-state index < -0.39 is 17.4 Å². The van der Waals surface area contributed by atoms with E-state index in [1.54, 1.807) is 20.8 Å². The molecule has 0 spiro atoms. The number of carboxylic acids is 1. The Hall–Kier alpha value is -1.26. The van der Waals surface area contributed by atoms with E-state index in [0.717, 1.165) is 19.3 Å². The van der Waals surface area contributed by atoms with E-state index >= 15 is 0 Å². The van der Waals surface area contributed by atoms with Crippen molar-refractivity contribution in [3.05, 3.63) is 0 Å². The Morgan fingerprint density at radius 2 is 1.89 bits per heavy atom. The molecular formula is C13H24N2O3. The summed E-state index contributed by atoms with van der Waals surface area (Å²) in [4.78, 5) is 23.0. The summed E-state index contributed by atoms with van der Waals surface area (Å²) in [6.45, 7) is 7.50. The van der Waals surface area contributed by atoms with Crippen molar-refractivity contribution in [1.82, 2.24) is 10.6 Å². The van der Waals surface area contributed by atoms with E-state index in [0.29, 0.717) is 5.92 Å². The van der Waals surface area contributed by atoms with Crippen LogP contribution in [0.25, 0.3) is 0 Å². The summed E-state index contributed by atoms with van der Waals surface area (Å²) in [6.07, 6.45) is 3.21. The SMILES string of the molecule is CC1CCCC1NC(=O)N[C@H](C(=O)O)C(C)(C)C. The van der Waals surface area contributed by atoms with Crippen molar-refractivity contribution in [2.24, 2.45) is 11.3 Å². The lowest BCUT2D eigenvalue weighted by Gasteiger charge is -2.28. The molecule has 0 aromatic heterocycles. The van der Waals surface area contributed by atoms with Crippen molar-refractivity contribution in [1.29, 1.82) is 0 Å². The van der Waals surface area contributed by atoms with Gasteiger partial charge in [-0.3, -0.25) is 0 Å². The molecule has 5 heteroatoms. The predicted octanol–water partition coefficient (Wildman–Crippen LogP) is 1.97. The predicted molar refractivity (Wildman–Crippen MR) is 69.3 cm³/mol. The molecule has 0 heterocycles. The number of hydrogen-bond acceptors (Lipinski definition) is 2. The molecule has 2 amide bonds. The van der Waals surface area contributed by atoms with Crippen LogP contribution in [0.3, 0.4) is 0 Å². The molecule has 2 unspecified atom stereocenters. The highest BCUT2D eigenvalue weighted by Crippen LogP contribution is 2.25. The lowest BCUT2D eigenvalue weighted by Crippen LogP contribution is -2.54. The largest absolute Gasteiger partial charge is 0.480 e. The fraction of sp³-hybridized carbons (Fsp3) is 0.846. The second-order valence-electron chi connectivity index (χ2n) is 6.27. The second-order valence-corrected chi connectivity index (χ2v) is 6.27. The van der Waals surface area contributed by atoms with Gasteiger partial charge in [-0.25, -0.2) is 9.59 Å². The molecule has 0 saturated heterocycles. The summed E-state index contributed by atoms with van der Waals surface area (Å²) in [5.74, 6) is -0.536. The van der Waals surface area contributed by atoms with E-state index in [1.807, 2.05) is 0 Å². The quantitative estimate of drug-likeness (QED) is 0.722.